The van der Waals surface area contributed by atoms with Crippen molar-refractivity contribution in [3.63, 3.8) is 0 Å². The molecule has 0 radical (unpaired) electrons. The number of hydrogen-bond donors (Lipinski definition) is 1. The van der Waals surface area contributed by atoms with E-state index < -0.39 is 17.5 Å². The number of nitrogens with zero attached hydrogens (tertiary/aromatic N) is 2. The fraction of sp³-hybridized carbons (Fsp3) is 0.565. The molecule has 5 rings (SSSR count). The Morgan fingerprint density at radius 2 is 1.94 bits per heavy atom. The number of aromatic nitrogens is 1. The summed E-state index contributed by atoms with van der Waals surface area (Å²) in [5.74, 6) is 0. The van der Waals surface area contributed by atoms with Crippen LogP contribution in [0.2, 0.25) is 0 Å². The summed E-state index contributed by atoms with van der Waals surface area (Å²) >= 11 is -1.39. The highest BCUT2D eigenvalue weighted by molar-refractivity contribution is 7.89. The zero-order valence-electron chi connectivity index (χ0n) is 18.0. The Morgan fingerprint density at radius 3 is 2.69 bits per heavy atom. The summed E-state index contributed by atoms with van der Waals surface area (Å²) in [6, 6.07) is 7.06. The molecule has 2 unspecified atom stereocenters. The molecule has 0 bridgehead atoms. The average molecular weight is 460 g/mol. The Labute approximate surface area is 190 Å². The molecule has 9 heteroatoms. The van der Waals surface area contributed by atoms with E-state index in [0.717, 1.165) is 44.9 Å². The predicted molar refractivity (Wildman–Crippen MR) is 120 cm³/mol. The zero-order valence-corrected chi connectivity index (χ0v) is 18.9. The van der Waals surface area contributed by atoms with Crippen LogP contribution in [0.3, 0.4) is 0 Å². The molecule has 0 amide bonds. The van der Waals surface area contributed by atoms with E-state index in [2.05, 4.69) is 0 Å². The van der Waals surface area contributed by atoms with E-state index in [-0.39, 0.29) is 30.0 Å². The van der Waals surface area contributed by atoms with Gasteiger partial charge in [0, 0.05) is 24.2 Å². The third kappa shape index (κ3) is 3.91. The number of nitrogens with two attached hydrogens (primary N) is 1. The van der Waals surface area contributed by atoms with Gasteiger partial charge in [0.2, 0.25) is 0 Å². The van der Waals surface area contributed by atoms with Crippen molar-refractivity contribution in [2.45, 2.75) is 80.7 Å². The Hall–Kier alpha value is -2.07. The van der Waals surface area contributed by atoms with Crippen LogP contribution in [-0.4, -0.2) is 43.8 Å². The quantitative estimate of drug-likeness (QED) is 0.540. The summed E-state index contributed by atoms with van der Waals surface area (Å²) in [7, 11) is 0. The van der Waals surface area contributed by atoms with Crippen LogP contribution < -0.4 is 11.3 Å². The van der Waals surface area contributed by atoms with Gasteiger partial charge in [-0.15, -0.1) is 4.31 Å². The minimum absolute atomic E-state index is 0.0455. The number of carbonyl (C=O) groups excluding carboxylic acids is 1. The van der Waals surface area contributed by atoms with Crippen LogP contribution in [0.5, 0.6) is 0 Å². The molecule has 1 spiro atoms. The van der Waals surface area contributed by atoms with Crippen LogP contribution in [0.1, 0.15) is 51.4 Å². The van der Waals surface area contributed by atoms with E-state index in [1.165, 1.54) is 11.0 Å². The summed E-state index contributed by atoms with van der Waals surface area (Å²) < 4.78 is 27.3. The second-order valence-electron chi connectivity index (χ2n) is 9.06. The summed E-state index contributed by atoms with van der Waals surface area (Å²) in [6.45, 7) is 0.468. The number of hydrogen-bond acceptors (Lipinski definition) is 7. The van der Waals surface area contributed by atoms with Gasteiger partial charge in [0.05, 0.1) is 22.3 Å². The molecule has 1 aromatic carbocycles. The monoisotopic (exact) mass is 459 g/mol. The molecule has 172 valence electrons. The second-order valence-corrected chi connectivity index (χ2v) is 10.4. The largest absolute Gasteiger partial charge is 0.593 e. The third-order valence-electron chi connectivity index (χ3n) is 7.10. The minimum Gasteiger partial charge on any atom is -0.593 e. The van der Waals surface area contributed by atoms with Gasteiger partial charge < -0.3 is 19.8 Å². The van der Waals surface area contributed by atoms with Gasteiger partial charge in [0.1, 0.15) is 6.10 Å². The van der Waals surface area contributed by atoms with Gasteiger partial charge in [-0.05, 0) is 63.1 Å². The SMILES string of the molecule is NC1CCN([S+]([O-])c2cccc3c(=O)n(COC(=O)OC4CCCCC4)ccc23)C12CC2. The van der Waals surface area contributed by atoms with E-state index >= 15 is 0 Å². The summed E-state index contributed by atoms with van der Waals surface area (Å²) in [6.07, 6.45) is 8.46. The van der Waals surface area contributed by atoms with Gasteiger partial charge in [-0.1, -0.05) is 12.5 Å². The first-order valence-electron chi connectivity index (χ1n) is 11.4. The average Bonchev–Trinajstić information content (AvgIpc) is 3.54. The van der Waals surface area contributed by atoms with E-state index in [1.54, 1.807) is 30.5 Å². The van der Waals surface area contributed by atoms with Crippen LogP contribution in [0.15, 0.2) is 40.2 Å². The van der Waals surface area contributed by atoms with Crippen molar-refractivity contribution in [3.8, 4) is 0 Å². The topological polar surface area (TPSA) is 110 Å². The Balaban J connectivity index is 1.32. The van der Waals surface area contributed by atoms with Gasteiger partial charge in [0.15, 0.2) is 11.6 Å². The molecule has 1 aliphatic heterocycles. The first kappa shape index (κ1) is 21.8. The van der Waals surface area contributed by atoms with Crippen molar-refractivity contribution in [1.82, 2.24) is 8.87 Å². The van der Waals surface area contributed by atoms with Crippen LogP contribution >= 0.6 is 0 Å². The molecule has 2 saturated carbocycles. The van der Waals surface area contributed by atoms with E-state index in [0.29, 0.717) is 22.2 Å². The molecule has 2 aromatic rings. The van der Waals surface area contributed by atoms with Gasteiger partial charge in [-0.25, -0.2) is 4.79 Å². The van der Waals surface area contributed by atoms with E-state index in [9.17, 15) is 14.1 Å². The fourth-order valence-electron chi connectivity index (χ4n) is 5.07. The maximum Gasteiger partial charge on any atom is 0.510 e. The molecule has 2 N–H and O–H groups in total. The molecular formula is C23H29N3O5S. The van der Waals surface area contributed by atoms with Crippen molar-refractivity contribution in [1.29, 1.82) is 0 Å². The lowest BCUT2D eigenvalue weighted by atomic mass is 9.98. The van der Waals surface area contributed by atoms with Gasteiger partial charge >= 0.3 is 6.16 Å². The molecule has 2 aliphatic carbocycles. The Morgan fingerprint density at radius 1 is 1.16 bits per heavy atom. The van der Waals surface area contributed by atoms with Crippen molar-refractivity contribution >= 4 is 28.3 Å². The van der Waals surface area contributed by atoms with Gasteiger partial charge in [-0.2, -0.15) is 0 Å². The molecule has 1 saturated heterocycles. The molecule has 3 aliphatic rings. The summed E-state index contributed by atoms with van der Waals surface area (Å²) in [5, 5.41) is 1.09. The summed E-state index contributed by atoms with van der Waals surface area (Å²) in [5.41, 5.74) is 5.82. The molecule has 1 aromatic heterocycles. The maximum atomic E-state index is 13.4. The predicted octanol–water partition coefficient (Wildman–Crippen LogP) is 3.03. The van der Waals surface area contributed by atoms with Gasteiger partial charge in [0.25, 0.3) is 5.56 Å². The lowest BCUT2D eigenvalue weighted by Crippen LogP contribution is -2.44. The first-order valence-corrected chi connectivity index (χ1v) is 12.5. The van der Waals surface area contributed by atoms with Crippen molar-refractivity contribution in [2.24, 2.45) is 5.73 Å². The maximum absolute atomic E-state index is 13.4. The van der Waals surface area contributed by atoms with Crippen molar-refractivity contribution in [2.75, 3.05) is 6.54 Å². The fourth-order valence-corrected chi connectivity index (χ4v) is 6.78. The third-order valence-corrected chi connectivity index (χ3v) is 8.77. The molecular weight excluding hydrogens is 430 g/mol. The second kappa shape index (κ2) is 8.70. The minimum atomic E-state index is -1.39. The number of fused-ring (bicyclic) bond motifs is 1. The highest BCUT2D eigenvalue weighted by atomic mass is 32.2. The Bertz CT molecular complexity index is 1060. The number of carbonyl (C=O) groups is 1. The normalized spacial score (nSPS) is 24.0. The lowest BCUT2D eigenvalue weighted by molar-refractivity contribution is -0.00412. The highest BCUT2D eigenvalue weighted by Crippen LogP contribution is 2.51. The van der Waals surface area contributed by atoms with Crippen LogP contribution in [0, 0.1) is 0 Å². The first-order chi connectivity index (χ1) is 15.5. The number of pyridine rings is 1. The van der Waals surface area contributed by atoms with Crippen LogP contribution in [0.25, 0.3) is 10.8 Å². The van der Waals surface area contributed by atoms with Crippen LogP contribution in [0.4, 0.5) is 4.79 Å². The van der Waals surface area contributed by atoms with Crippen molar-refractivity contribution in [3.05, 3.63) is 40.8 Å². The smallest absolute Gasteiger partial charge is 0.510 e. The Kier molecular flexibility index (Phi) is 5.92. The van der Waals surface area contributed by atoms with Crippen LogP contribution in [-0.2, 0) is 27.6 Å². The van der Waals surface area contributed by atoms with E-state index in [4.69, 9.17) is 15.2 Å². The number of ether oxygens (including phenoxy) is 2. The van der Waals surface area contributed by atoms with E-state index in [1.807, 2.05) is 4.31 Å². The lowest BCUT2D eigenvalue weighted by Gasteiger charge is -2.27. The summed E-state index contributed by atoms with van der Waals surface area (Å²) in [4.78, 5) is 25.7. The highest BCUT2D eigenvalue weighted by Gasteiger charge is 2.61. The standard InChI is InChI=1S/C23H29N3O5S/c24-20-10-14-26(23(20)11-12-23)32(29)19-8-4-7-18-17(19)9-13-25(21(18)27)15-30-22(28)31-16-5-2-1-3-6-16/h4,7-9,13,16,20H,1-3,5-6,10-12,14-15,24H2. The van der Waals surface area contributed by atoms with Gasteiger partial charge in [-0.3, -0.25) is 9.36 Å². The number of rotatable bonds is 5. The van der Waals surface area contributed by atoms with Crippen molar-refractivity contribution < 1.29 is 18.8 Å². The zero-order chi connectivity index (χ0) is 22.3. The molecule has 2 atom stereocenters. The molecule has 3 fully saturated rings. The molecule has 2 heterocycles. The molecule has 32 heavy (non-hydrogen) atoms. The molecule has 8 nitrogen and oxygen atoms in total. The number of benzene rings is 1.